The van der Waals surface area contributed by atoms with Crippen LogP contribution in [0.3, 0.4) is 0 Å². The molecule has 2 aliphatic rings. The quantitative estimate of drug-likeness (QED) is 0.799. The van der Waals surface area contributed by atoms with Gasteiger partial charge < -0.3 is 24.6 Å². The first-order valence-corrected chi connectivity index (χ1v) is 9.71. The Labute approximate surface area is 168 Å². The Morgan fingerprint density at radius 1 is 1.10 bits per heavy atom. The van der Waals surface area contributed by atoms with E-state index >= 15 is 0 Å². The summed E-state index contributed by atoms with van der Waals surface area (Å²) in [5.41, 5.74) is -0.617. The molecule has 3 rings (SSSR count). The van der Waals surface area contributed by atoms with Gasteiger partial charge in [0, 0.05) is 52.0 Å². The Kier molecular flexibility index (Phi) is 7.20. The lowest BCUT2D eigenvalue weighted by molar-refractivity contribution is -0.136. The molecule has 0 saturated carbocycles. The Hall–Kier alpha value is -2.04. The Balaban J connectivity index is 1.65. The summed E-state index contributed by atoms with van der Waals surface area (Å²) in [6.45, 7) is 5.98. The molecule has 0 bridgehead atoms. The summed E-state index contributed by atoms with van der Waals surface area (Å²) >= 11 is 0. The first-order valence-electron chi connectivity index (χ1n) is 9.71. The Morgan fingerprint density at radius 2 is 1.72 bits per heavy atom. The predicted octanol–water partition coefficient (Wildman–Crippen LogP) is 2.34. The highest BCUT2D eigenvalue weighted by Crippen LogP contribution is 2.37. The van der Waals surface area contributed by atoms with E-state index in [-0.39, 0.29) is 5.69 Å². The second-order valence-corrected chi connectivity index (χ2v) is 7.13. The first-order chi connectivity index (χ1) is 13.8. The number of amides is 2. The van der Waals surface area contributed by atoms with Gasteiger partial charge in [0.2, 0.25) is 0 Å². The maximum absolute atomic E-state index is 13.6. The molecule has 0 aromatic heterocycles. The molecule has 7 nitrogen and oxygen atoms in total. The van der Waals surface area contributed by atoms with E-state index in [4.69, 9.17) is 9.47 Å². The number of nitrogens with zero attached hydrogens (tertiary/aromatic N) is 3. The monoisotopic (exact) mass is 416 g/mol. The molecule has 2 aliphatic heterocycles. The predicted molar refractivity (Wildman–Crippen MR) is 103 cm³/mol. The number of ether oxygens (including phenoxy) is 2. The van der Waals surface area contributed by atoms with Crippen LogP contribution in [-0.2, 0) is 15.7 Å². The van der Waals surface area contributed by atoms with Crippen molar-refractivity contribution in [3.8, 4) is 0 Å². The van der Waals surface area contributed by atoms with Crippen molar-refractivity contribution in [2.24, 2.45) is 0 Å². The van der Waals surface area contributed by atoms with Gasteiger partial charge >= 0.3 is 12.2 Å². The highest BCUT2D eigenvalue weighted by Gasteiger charge is 2.35. The molecule has 0 atom stereocenters. The third kappa shape index (κ3) is 5.97. The van der Waals surface area contributed by atoms with Gasteiger partial charge in [-0.1, -0.05) is 0 Å². The minimum absolute atomic E-state index is 0.238. The van der Waals surface area contributed by atoms with E-state index in [0.717, 1.165) is 19.2 Å². The number of halogens is 3. The zero-order valence-electron chi connectivity index (χ0n) is 16.5. The maximum atomic E-state index is 13.6. The van der Waals surface area contributed by atoms with Gasteiger partial charge in [-0.2, -0.15) is 13.2 Å². The van der Waals surface area contributed by atoms with Crippen molar-refractivity contribution in [1.29, 1.82) is 0 Å². The van der Waals surface area contributed by atoms with Crippen molar-refractivity contribution in [3.63, 3.8) is 0 Å². The van der Waals surface area contributed by atoms with Crippen molar-refractivity contribution in [2.45, 2.75) is 6.18 Å². The maximum Gasteiger partial charge on any atom is 0.418 e. The van der Waals surface area contributed by atoms with Crippen LogP contribution in [0, 0.1) is 0 Å². The minimum Gasteiger partial charge on any atom is -0.379 e. The number of rotatable bonds is 5. The Bertz CT molecular complexity index is 690. The van der Waals surface area contributed by atoms with Gasteiger partial charge in [0.15, 0.2) is 0 Å². The number of carbonyl (C=O) groups excluding carboxylic acids is 1. The highest BCUT2D eigenvalue weighted by molar-refractivity contribution is 5.90. The number of nitrogens with one attached hydrogen (secondary N) is 1. The zero-order valence-corrected chi connectivity index (χ0v) is 16.5. The SMILES string of the molecule is CN(CCN1CCOCC1)C(=O)Nc1ccc(N2CCOCC2)cc1C(F)(F)F. The molecule has 2 amide bonds. The molecule has 0 unspecified atom stereocenters. The summed E-state index contributed by atoms with van der Waals surface area (Å²) in [6, 6.07) is 3.45. The number of carbonyl (C=O) groups is 1. The number of likely N-dealkylation sites (N-methyl/N-ethyl adjacent to an activating group) is 1. The molecule has 162 valence electrons. The molecule has 2 fully saturated rings. The van der Waals surface area contributed by atoms with Crippen LogP contribution in [0.4, 0.5) is 29.3 Å². The average molecular weight is 416 g/mol. The molecule has 2 saturated heterocycles. The molecular formula is C19H27F3N4O3. The van der Waals surface area contributed by atoms with Gasteiger partial charge in [-0.3, -0.25) is 4.90 Å². The molecule has 0 spiro atoms. The molecule has 1 aromatic carbocycles. The third-order valence-electron chi connectivity index (χ3n) is 5.13. The van der Waals surface area contributed by atoms with E-state index in [0.29, 0.717) is 58.3 Å². The van der Waals surface area contributed by atoms with E-state index < -0.39 is 17.8 Å². The van der Waals surface area contributed by atoms with Gasteiger partial charge in [0.1, 0.15) is 0 Å². The molecule has 0 aliphatic carbocycles. The number of morpholine rings is 2. The standard InChI is InChI=1S/C19H27F3N4O3/c1-24(4-5-25-6-10-28-11-7-25)18(27)23-17-3-2-15(14-16(17)19(20,21)22)26-8-12-29-13-9-26/h2-3,14H,4-13H2,1H3,(H,23,27). The van der Waals surface area contributed by atoms with Crippen LogP contribution in [0.15, 0.2) is 18.2 Å². The molecule has 10 heteroatoms. The van der Waals surface area contributed by atoms with Crippen molar-refractivity contribution in [2.75, 3.05) is 83.0 Å². The largest absolute Gasteiger partial charge is 0.418 e. The lowest BCUT2D eigenvalue weighted by atomic mass is 10.1. The van der Waals surface area contributed by atoms with Gasteiger partial charge in [0.25, 0.3) is 0 Å². The second kappa shape index (κ2) is 9.64. The number of alkyl halides is 3. The lowest BCUT2D eigenvalue weighted by Gasteiger charge is -2.30. The fourth-order valence-corrected chi connectivity index (χ4v) is 3.32. The Morgan fingerprint density at radius 3 is 2.34 bits per heavy atom. The van der Waals surface area contributed by atoms with E-state index in [1.165, 1.54) is 11.0 Å². The normalized spacial score (nSPS) is 18.6. The van der Waals surface area contributed by atoms with E-state index in [1.54, 1.807) is 13.1 Å². The fraction of sp³-hybridized carbons (Fsp3) is 0.632. The van der Waals surface area contributed by atoms with Crippen LogP contribution in [0.2, 0.25) is 0 Å². The lowest BCUT2D eigenvalue weighted by Crippen LogP contribution is -2.43. The summed E-state index contributed by atoms with van der Waals surface area (Å²) in [4.78, 5) is 17.8. The molecule has 0 radical (unpaired) electrons. The van der Waals surface area contributed by atoms with E-state index in [2.05, 4.69) is 10.2 Å². The van der Waals surface area contributed by atoms with Crippen molar-refractivity contribution in [1.82, 2.24) is 9.80 Å². The summed E-state index contributed by atoms with van der Waals surface area (Å²) < 4.78 is 51.4. The van der Waals surface area contributed by atoms with Crippen LogP contribution in [-0.4, -0.2) is 88.6 Å². The van der Waals surface area contributed by atoms with Gasteiger partial charge in [0.05, 0.1) is 37.7 Å². The zero-order chi connectivity index (χ0) is 20.9. The van der Waals surface area contributed by atoms with Crippen LogP contribution < -0.4 is 10.2 Å². The van der Waals surface area contributed by atoms with Crippen LogP contribution in [0.5, 0.6) is 0 Å². The third-order valence-corrected chi connectivity index (χ3v) is 5.13. The second-order valence-electron chi connectivity index (χ2n) is 7.13. The van der Waals surface area contributed by atoms with Gasteiger partial charge in [-0.05, 0) is 18.2 Å². The van der Waals surface area contributed by atoms with E-state index in [9.17, 15) is 18.0 Å². The molecular weight excluding hydrogens is 389 g/mol. The number of hydrogen-bond donors (Lipinski definition) is 1. The van der Waals surface area contributed by atoms with Gasteiger partial charge in [-0.25, -0.2) is 4.79 Å². The summed E-state index contributed by atoms with van der Waals surface area (Å²) in [5.74, 6) is 0. The topological polar surface area (TPSA) is 57.3 Å². The average Bonchev–Trinajstić information content (AvgIpc) is 2.73. The minimum atomic E-state index is -4.57. The summed E-state index contributed by atoms with van der Waals surface area (Å²) in [6.07, 6.45) is -4.57. The van der Waals surface area contributed by atoms with Crippen LogP contribution in [0.1, 0.15) is 5.56 Å². The number of hydrogen-bond acceptors (Lipinski definition) is 5. The molecule has 1 N–H and O–H groups in total. The summed E-state index contributed by atoms with van der Waals surface area (Å²) in [5, 5.41) is 2.42. The molecule has 2 heterocycles. The smallest absolute Gasteiger partial charge is 0.379 e. The number of anilines is 2. The first kappa shape index (κ1) is 21.7. The number of urea groups is 1. The fourth-order valence-electron chi connectivity index (χ4n) is 3.32. The highest BCUT2D eigenvalue weighted by atomic mass is 19.4. The summed E-state index contributed by atoms with van der Waals surface area (Å²) in [7, 11) is 1.57. The van der Waals surface area contributed by atoms with Crippen molar-refractivity contribution < 1.29 is 27.4 Å². The van der Waals surface area contributed by atoms with Gasteiger partial charge in [-0.15, -0.1) is 0 Å². The number of benzene rings is 1. The molecule has 29 heavy (non-hydrogen) atoms. The van der Waals surface area contributed by atoms with Crippen molar-refractivity contribution >= 4 is 17.4 Å². The van der Waals surface area contributed by atoms with E-state index in [1.807, 2.05) is 4.90 Å². The van der Waals surface area contributed by atoms with Crippen LogP contribution >= 0.6 is 0 Å². The van der Waals surface area contributed by atoms with Crippen LogP contribution in [0.25, 0.3) is 0 Å². The molecule has 1 aromatic rings. The van der Waals surface area contributed by atoms with Crippen molar-refractivity contribution in [3.05, 3.63) is 23.8 Å².